The summed E-state index contributed by atoms with van der Waals surface area (Å²) in [7, 11) is -4.46. The topological polar surface area (TPSA) is 9.23 Å². The van der Waals surface area contributed by atoms with Crippen molar-refractivity contribution in [3.63, 3.8) is 0 Å². The molecule has 0 atom stereocenters. The van der Waals surface area contributed by atoms with Crippen LogP contribution in [0.5, 0.6) is 0 Å². The Balaban J connectivity index is 1.42. The predicted molar refractivity (Wildman–Crippen MR) is 192 cm³/mol. The van der Waals surface area contributed by atoms with Crippen LogP contribution in [-0.2, 0) is 4.43 Å². The maximum absolute atomic E-state index is 7.21. The van der Waals surface area contributed by atoms with Crippen LogP contribution in [0.4, 0.5) is 0 Å². The van der Waals surface area contributed by atoms with Crippen LogP contribution in [0, 0.1) is 0 Å². The molecule has 3 heteroatoms. The molecule has 0 bridgehead atoms. The molecule has 1 nitrogen and oxygen atoms in total. The zero-order valence-corrected chi connectivity index (χ0v) is 27.7. The molecule has 218 valence electrons. The molecule has 0 aliphatic heterocycles. The van der Waals surface area contributed by atoms with E-state index >= 15 is 0 Å². The van der Waals surface area contributed by atoms with Gasteiger partial charge in [0.15, 0.2) is 0 Å². The van der Waals surface area contributed by atoms with Crippen LogP contribution in [0.25, 0.3) is 0 Å². The van der Waals surface area contributed by atoms with Crippen molar-refractivity contribution in [3.05, 3.63) is 164 Å². The van der Waals surface area contributed by atoms with E-state index in [0.717, 1.165) is 19.0 Å². The lowest BCUT2D eigenvalue weighted by atomic mass is 10.2. The summed E-state index contributed by atoms with van der Waals surface area (Å²) in [5.41, 5.74) is 1.17. The first-order valence-corrected chi connectivity index (χ1v) is 19.2. The minimum Gasteiger partial charge on any atom is -0.403 e. The highest BCUT2D eigenvalue weighted by atomic mass is 31.2. The lowest BCUT2D eigenvalue weighted by molar-refractivity contribution is 0.326. The minimum absolute atomic E-state index is 0.0510. The molecule has 43 heavy (non-hydrogen) atoms. The average molecular weight is 600 g/mol. The molecule has 0 saturated carbocycles. The smallest absolute Gasteiger partial charge is 0.261 e. The van der Waals surface area contributed by atoms with Crippen molar-refractivity contribution in [2.45, 2.75) is 38.7 Å². The lowest BCUT2D eigenvalue weighted by Gasteiger charge is -2.43. The fourth-order valence-electron chi connectivity index (χ4n) is 6.49. The monoisotopic (exact) mass is 599 g/mol. The molecule has 0 aliphatic carbocycles. The van der Waals surface area contributed by atoms with Gasteiger partial charge >= 0.3 is 0 Å². The summed E-state index contributed by atoms with van der Waals surface area (Å²) in [4.78, 5) is 0. The van der Waals surface area contributed by atoms with Gasteiger partial charge in [-0.2, -0.15) is 0 Å². The van der Waals surface area contributed by atoms with Gasteiger partial charge in [0.2, 0.25) is 0 Å². The minimum atomic E-state index is -2.60. The second-order valence-electron chi connectivity index (χ2n) is 12.3. The maximum Gasteiger partial charge on any atom is 0.261 e. The molecule has 0 saturated heterocycles. The van der Waals surface area contributed by atoms with E-state index in [0.29, 0.717) is 6.61 Å². The van der Waals surface area contributed by atoms with Gasteiger partial charge in [0, 0.05) is 0 Å². The molecule has 0 unspecified atom stereocenters. The zero-order valence-electron chi connectivity index (χ0n) is 25.8. The van der Waals surface area contributed by atoms with Gasteiger partial charge < -0.3 is 4.43 Å². The van der Waals surface area contributed by atoms with Crippen molar-refractivity contribution in [2.24, 2.45) is 0 Å². The van der Waals surface area contributed by atoms with Crippen LogP contribution in [0.15, 0.2) is 164 Å². The van der Waals surface area contributed by atoms with E-state index < -0.39 is 15.6 Å². The third-order valence-corrected chi connectivity index (χ3v) is 18.0. The molecule has 0 heterocycles. The molecule has 0 aromatic heterocycles. The Bertz CT molecular complexity index is 1430. The molecular weight excluding hydrogens is 555 g/mol. The standard InChI is InChI=1S/C40H44OPSi/c1-34(33-41-43(40(2,3)4,38-28-16-8-17-29-38)39-30-18-9-19-31-39)21-20-32-42(35-22-10-5-11-23-35,36-24-12-6-13-25-36)37-26-14-7-15-27-37/h5-19,22-31H,1,20-21,32-33H2,2-4H3/q+1. The quantitative estimate of drug-likeness (QED) is 0.0805. The molecule has 0 radical (unpaired) electrons. The number of benzene rings is 5. The molecule has 5 aromatic rings. The van der Waals surface area contributed by atoms with E-state index in [2.05, 4.69) is 179 Å². The lowest BCUT2D eigenvalue weighted by Crippen LogP contribution is -2.66. The maximum atomic E-state index is 7.21. The highest BCUT2D eigenvalue weighted by Gasteiger charge is 2.50. The average Bonchev–Trinajstić information content (AvgIpc) is 3.05. The molecule has 5 aromatic carbocycles. The third kappa shape index (κ3) is 6.53. The van der Waals surface area contributed by atoms with Crippen molar-refractivity contribution < 1.29 is 4.43 Å². The summed E-state index contributed by atoms with van der Waals surface area (Å²) in [5, 5.41) is 6.86. The summed E-state index contributed by atoms with van der Waals surface area (Å²) < 4.78 is 7.21. The highest BCUT2D eigenvalue weighted by molar-refractivity contribution is 7.95. The Kier molecular flexibility index (Phi) is 9.93. The zero-order chi connectivity index (χ0) is 30.2. The Hall–Kier alpha value is -3.55. The highest BCUT2D eigenvalue weighted by Crippen LogP contribution is 2.56. The number of hydrogen-bond donors (Lipinski definition) is 0. The van der Waals surface area contributed by atoms with Crippen molar-refractivity contribution in [2.75, 3.05) is 12.8 Å². The molecular formula is C40H44OPSi+. The normalized spacial score (nSPS) is 12.2. The van der Waals surface area contributed by atoms with Gasteiger partial charge in [-0.1, -0.05) is 148 Å². The van der Waals surface area contributed by atoms with E-state index in [1.807, 2.05) is 0 Å². The van der Waals surface area contributed by atoms with Gasteiger partial charge in [0.25, 0.3) is 8.32 Å². The van der Waals surface area contributed by atoms with Crippen LogP contribution in [0.2, 0.25) is 5.04 Å². The second kappa shape index (κ2) is 13.8. The van der Waals surface area contributed by atoms with Gasteiger partial charge in [0.1, 0.15) is 23.2 Å². The second-order valence-corrected chi connectivity index (χ2v) is 20.3. The van der Waals surface area contributed by atoms with Crippen molar-refractivity contribution >= 4 is 41.9 Å². The summed E-state index contributed by atoms with van der Waals surface area (Å²) in [6.45, 7) is 12.1. The van der Waals surface area contributed by atoms with Crippen molar-refractivity contribution in [1.82, 2.24) is 0 Å². The van der Waals surface area contributed by atoms with Gasteiger partial charge in [0.05, 0.1) is 12.8 Å². The molecule has 0 aliphatic rings. The van der Waals surface area contributed by atoms with Crippen LogP contribution in [-0.4, -0.2) is 21.1 Å². The molecule has 0 fully saturated rings. The van der Waals surface area contributed by atoms with Gasteiger partial charge in [-0.25, -0.2) is 0 Å². The van der Waals surface area contributed by atoms with E-state index in [4.69, 9.17) is 4.43 Å². The fraction of sp³-hybridized carbons (Fsp3) is 0.200. The van der Waals surface area contributed by atoms with E-state index in [1.165, 1.54) is 31.9 Å². The fourth-order valence-corrected chi connectivity index (χ4v) is 15.4. The van der Waals surface area contributed by atoms with Gasteiger partial charge in [-0.05, 0) is 64.7 Å². The molecule has 0 amide bonds. The molecule has 5 rings (SSSR count). The number of hydrogen-bond acceptors (Lipinski definition) is 1. The van der Waals surface area contributed by atoms with Gasteiger partial charge in [-0.15, -0.1) is 0 Å². The van der Waals surface area contributed by atoms with Crippen molar-refractivity contribution in [3.8, 4) is 0 Å². The van der Waals surface area contributed by atoms with Gasteiger partial charge in [-0.3, -0.25) is 0 Å². The predicted octanol–water partition coefficient (Wildman–Crippen LogP) is 7.89. The SMILES string of the molecule is C=C(CCC[P+](c1ccccc1)(c1ccccc1)c1ccccc1)CO[Si](c1ccccc1)(c1ccccc1)C(C)(C)C. The molecule has 0 N–H and O–H groups in total. The van der Waals surface area contributed by atoms with Crippen LogP contribution < -0.4 is 26.3 Å². The summed E-state index contributed by atoms with van der Waals surface area (Å²) in [6, 6.07) is 55.2. The van der Waals surface area contributed by atoms with Crippen LogP contribution in [0.1, 0.15) is 33.6 Å². The molecule has 0 spiro atoms. The first-order valence-electron chi connectivity index (χ1n) is 15.3. The Morgan fingerprint density at radius 1 is 0.581 bits per heavy atom. The number of rotatable bonds is 12. The summed E-state index contributed by atoms with van der Waals surface area (Å²) >= 11 is 0. The Labute approximate surface area is 260 Å². The van der Waals surface area contributed by atoms with E-state index in [-0.39, 0.29) is 5.04 Å². The Morgan fingerprint density at radius 2 is 0.930 bits per heavy atom. The summed E-state index contributed by atoms with van der Waals surface area (Å²) in [6.07, 6.45) is 3.07. The largest absolute Gasteiger partial charge is 0.403 e. The van der Waals surface area contributed by atoms with Crippen LogP contribution in [0.3, 0.4) is 0 Å². The van der Waals surface area contributed by atoms with E-state index in [1.54, 1.807) is 0 Å². The summed E-state index contributed by atoms with van der Waals surface area (Å²) in [5.74, 6) is 0. The first kappa shape index (κ1) is 30.9. The first-order chi connectivity index (χ1) is 20.9. The van der Waals surface area contributed by atoms with E-state index in [9.17, 15) is 0 Å². The van der Waals surface area contributed by atoms with Crippen molar-refractivity contribution in [1.29, 1.82) is 0 Å². The third-order valence-electron chi connectivity index (χ3n) is 8.52. The Morgan fingerprint density at radius 3 is 1.28 bits per heavy atom. The van der Waals surface area contributed by atoms with Crippen LogP contribution >= 0.6 is 7.26 Å².